The minimum Gasteiger partial charge on any atom is -0.480 e. The van der Waals surface area contributed by atoms with Gasteiger partial charge in [-0.05, 0) is 32.2 Å². The van der Waals surface area contributed by atoms with Gasteiger partial charge in [-0.25, -0.2) is 0 Å². The summed E-state index contributed by atoms with van der Waals surface area (Å²) >= 11 is 0. The highest BCUT2D eigenvalue weighted by molar-refractivity contribution is 5.77. The SMILES string of the molecule is O=C1CC(N2CCCC2C(=O)O)CCCN1. The van der Waals surface area contributed by atoms with Crippen LogP contribution in [0.15, 0.2) is 0 Å². The Bertz CT molecular complexity index is 293. The molecule has 2 aliphatic heterocycles. The van der Waals surface area contributed by atoms with E-state index in [1.165, 1.54) is 0 Å². The molecule has 2 atom stereocenters. The minimum atomic E-state index is -0.748. The number of carbonyl (C=O) groups excluding carboxylic acids is 1. The summed E-state index contributed by atoms with van der Waals surface area (Å²) in [5.41, 5.74) is 0. The molecule has 1 amide bonds. The molecule has 2 unspecified atom stereocenters. The standard InChI is InChI=1S/C11H18N2O3/c14-10-7-8(3-1-5-12-10)13-6-2-4-9(13)11(15)16/h8-9H,1-7H2,(H,12,14)(H,15,16). The number of rotatable bonds is 2. The van der Waals surface area contributed by atoms with Crippen molar-refractivity contribution >= 4 is 11.9 Å². The maximum atomic E-state index is 11.4. The van der Waals surface area contributed by atoms with E-state index in [1.807, 2.05) is 4.90 Å². The molecule has 5 nitrogen and oxygen atoms in total. The maximum Gasteiger partial charge on any atom is 0.320 e. The van der Waals surface area contributed by atoms with Crippen LogP contribution in [0.1, 0.15) is 32.1 Å². The number of nitrogens with zero attached hydrogens (tertiary/aromatic N) is 1. The highest BCUT2D eigenvalue weighted by atomic mass is 16.4. The molecule has 2 heterocycles. The summed E-state index contributed by atoms with van der Waals surface area (Å²) < 4.78 is 0. The number of nitrogens with one attached hydrogen (secondary N) is 1. The first-order chi connectivity index (χ1) is 7.68. The van der Waals surface area contributed by atoms with Gasteiger partial charge in [0.25, 0.3) is 0 Å². The number of amides is 1. The van der Waals surface area contributed by atoms with Crippen molar-refractivity contribution in [1.29, 1.82) is 0 Å². The summed E-state index contributed by atoms with van der Waals surface area (Å²) in [7, 11) is 0. The second-order valence-corrected chi connectivity index (χ2v) is 4.58. The van der Waals surface area contributed by atoms with Crippen molar-refractivity contribution in [2.75, 3.05) is 13.1 Å². The van der Waals surface area contributed by atoms with Gasteiger partial charge in [-0.3, -0.25) is 14.5 Å². The van der Waals surface area contributed by atoms with Gasteiger partial charge in [0.05, 0.1) is 0 Å². The lowest BCUT2D eigenvalue weighted by Gasteiger charge is -2.29. The molecule has 2 rings (SSSR count). The monoisotopic (exact) mass is 226 g/mol. The van der Waals surface area contributed by atoms with E-state index in [0.29, 0.717) is 12.8 Å². The van der Waals surface area contributed by atoms with Crippen molar-refractivity contribution in [3.63, 3.8) is 0 Å². The van der Waals surface area contributed by atoms with Gasteiger partial charge in [0.15, 0.2) is 0 Å². The van der Waals surface area contributed by atoms with E-state index in [9.17, 15) is 9.59 Å². The third-order valence-corrected chi connectivity index (χ3v) is 3.51. The number of carboxylic acids is 1. The van der Waals surface area contributed by atoms with E-state index in [0.717, 1.165) is 32.4 Å². The molecule has 2 aliphatic rings. The number of hydrogen-bond acceptors (Lipinski definition) is 3. The summed E-state index contributed by atoms with van der Waals surface area (Å²) in [6, 6.07) is -0.262. The van der Waals surface area contributed by atoms with Gasteiger partial charge >= 0.3 is 5.97 Å². The molecule has 2 saturated heterocycles. The van der Waals surface area contributed by atoms with Gasteiger partial charge < -0.3 is 10.4 Å². The summed E-state index contributed by atoms with van der Waals surface area (Å²) in [5, 5.41) is 11.9. The van der Waals surface area contributed by atoms with Crippen molar-refractivity contribution < 1.29 is 14.7 Å². The molecule has 90 valence electrons. The fourth-order valence-corrected chi connectivity index (χ4v) is 2.73. The number of likely N-dealkylation sites (tertiary alicyclic amines) is 1. The van der Waals surface area contributed by atoms with E-state index in [2.05, 4.69) is 5.32 Å². The van der Waals surface area contributed by atoms with Crippen LogP contribution in [0.3, 0.4) is 0 Å². The molecule has 2 N–H and O–H groups in total. The van der Waals surface area contributed by atoms with Crippen LogP contribution in [0.4, 0.5) is 0 Å². The second-order valence-electron chi connectivity index (χ2n) is 4.58. The second kappa shape index (κ2) is 4.82. The van der Waals surface area contributed by atoms with Gasteiger partial charge in [-0.15, -0.1) is 0 Å². The van der Waals surface area contributed by atoms with Crippen LogP contribution in [0.25, 0.3) is 0 Å². The lowest BCUT2D eigenvalue weighted by atomic mass is 10.1. The van der Waals surface area contributed by atoms with Crippen LogP contribution in [0.2, 0.25) is 0 Å². The largest absolute Gasteiger partial charge is 0.480 e. The van der Waals surface area contributed by atoms with Crippen LogP contribution in [-0.2, 0) is 9.59 Å². The van der Waals surface area contributed by atoms with Crippen molar-refractivity contribution in [3.8, 4) is 0 Å². The zero-order valence-electron chi connectivity index (χ0n) is 9.32. The fourth-order valence-electron chi connectivity index (χ4n) is 2.73. The third kappa shape index (κ3) is 2.35. The van der Waals surface area contributed by atoms with E-state index < -0.39 is 5.97 Å². The Labute approximate surface area is 94.8 Å². The first-order valence-electron chi connectivity index (χ1n) is 5.94. The number of carbonyl (C=O) groups is 2. The lowest BCUT2D eigenvalue weighted by Crippen LogP contribution is -2.44. The molecular formula is C11H18N2O3. The number of hydrogen-bond donors (Lipinski definition) is 2. The molecule has 16 heavy (non-hydrogen) atoms. The normalized spacial score (nSPS) is 32.1. The van der Waals surface area contributed by atoms with Crippen LogP contribution >= 0.6 is 0 Å². The molecule has 2 fully saturated rings. The first-order valence-corrected chi connectivity index (χ1v) is 5.94. The third-order valence-electron chi connectivity index (χ3n) is 3.51. The number of carboxylic acid groups (broad SMARTS) is 1. The Balaban J connectivity index is 2.04. The Hall–Kier alpha value is -1.10. The molecule has 0 aromatic rings. The zero-order chi connectivity index (χ0) is 11.5. The zero-order valence-corrected chi connectivity index (χ0v) is 9.32. The predicted octanol–water partition coefficient (Wildman–Crippen LogP) is 0.204. The summed E-state index contributed by atoms with van der Waals surface area (Å²) in [5.74, 6) is -0.694. The molecule has 0 aromatic heterocycles. The van der Waals surface area contributed by atoms with Crippen LogP contribution in [0.5, 0.6) is 0 Å². The molecule has 0 saturated carbocycles. The molecule has 5 heteroatoms. The van der Waals surface area contributed by atoms with Crippen LogP contribution in [-0.4, -0.2) is 47.1 Å². The highest BCUT2D eigenvalue weighted by Crippen LogP contribution is 2.25. The smallest absolute Gasteiger partial charge is 0.320 e. The Morgan fingerprint density at radius 2 is 2.19 bits per heavy atom. The Morgan fingerprint density at radius 1 is 1.38 bits per heavy atom. The van der Waals surface area contributed by atoms with Gasteiger partial charge in [-0.1, -0.05) is 0 Å². The highest BCUT2D eigenvalue weighted by Gasteiger charge is 2.36. The van der Waals surface area contributed by atoms with Crippen LogP contribution in [0, 0.1) is 0 Å². The summed E-state index contributed by atoms with van der Waals surface area (Å²) in [6.45, 7) is 1.54. The summed E-state index contributed by atoms with van der Waals surface area (Å²) in [4.78, 5) is 24.5. The van der Waals surface area contributed by atoms with E-state index in [4.69, 9.17) is 5.11 Å². The summed E-state index contributed by atoms with van der Waals surface area (Å²) in [6.07, 6.45) is 3.95. The van der Waals surface area contributed by atoms with Crippen molar-refractivity contribution in [2.45, 2.75) is 44.2 Å². The maximum absolute atomic E-state index is 11.4. The van der Waals surface area contributed by atoms with Crippen molar-refractivity contribution in [3.05, 3.63) is 0 Å². The predicted molar refractivity (Wildman–Crippen MR) is 58.0 cm³/mol. The molecule has 0 radical (unpaired) electrons. The van der Waals surface area contributed by atoms with Gasteiger partial charge in [0.2, 0.25) is 5.91 Å². The van der Waals surface area contributed by atoms with Gasteiger partial charge in [0.1, 0.15) is 6.04 Å². The fraction of sp³-hybridized carbons (Fsp3) is 0.818. The Morgan fingerprint density at radius 3 is 2.94 bits per heavy atom. The Kier molecular flexibility index (Phi) is 3.43. The molecule has 0 aromatic carbocycles. The minimum absolute atomic E-state index is 0.0542. The topological polar surface area (TPSA) is 69.6 Å². The van der Waals surface area contributed by atoms with Crippen molar-refractivity contribution in [2.24, 2.45) is 0 Å². The average molecular weight is 226 g/mol. The molecule has 0 spiro atoms. The van der Waals surface area contributed by atoms with Crippen molar-refractivity contribution in [1.82, 2.24) is 10.2 Å². The molecular weight excluding hydrogens is 208 g/mol. The quantitative estimate of drug-likeness (QED) is 0.706. The molecule has 0 aliphatic carbocycles. The van der Waals surface area contributed by atoms with E-state index in [1.54, 1.807) is 0 Å². The molecule has 0 bridgehead atoms. The first kappa shape index (κ1) is 11.4. The lowest BCUT2D eigenvalue weighted by molar-refractivity contribution is -0.143. The van der Waals surface area contributed by atoms with Crippen LogP contribution < -0.4 is 5.32 Å². The van der Waals surface area contributed by atoms with Gasteiger partial charge in [-0.2, -0.15) is 0 Å². The number of aliphatic carboxylic acids is 1. The van der Waals surface area contributed by atoms with E-state index >= 15 is 0 Å². The van der Waals surface area contributed by atoms with Gasteiger partial charge in [0, 0.05) is 19.0 Å². The van der Waals surface area contributed by atoms with E-state index in [-0.39, 0.29) is 18.0 Å². The average Bonchev–Trinajstić information content (AvgIpc) is 2.62.